The molecule has 6 aromatic heterocycles. The Morgan fingerprint density at radius 1 is 0.925 bits per heavy atom. The number of hydrogen-bond acceptors (Lipinski definition) is 8. The molecule has 4 fully saturated rings. The lowest BCUT2D eigenvalue weighted by molar-refractivity contribution is -0.0593. The molecule has 0 bridgehead atoms. The first-order chi connectivity index (χ1) is 32.4. The van der Waals surface area contributed by atoms with Gasteiger partial charge in [0.15, 0.2) is 11.6 Å². The summed E-state index contributed by atoms with van der Waals surface area (Å²) < 4.78 is 51.1. The van der Waals surface area contributed by atoms with Crippen molar-refractivity contribution in [1.82, 2.24) is 48.1 Å². The van der Waals surface area contributed by atoms with Crippen molar-refractivity contribution in [2.75, 3.05) is 13.2 Å². The number of rotatable bonds is 9. The molecule has 342 valence electrons. The number of nitrogens with one attached hydrogen (secondary N) is 1. The number of fused-ring (bicyclic) bond motifs is 3. The lowest BCUT2D eigenvalue weighted by atomic mass is 9.84. The molecule has 2 unspecified atom stereocenters. The number of hydrogen-bond donors (Lipinski definition) is 1. The molecule has 8 aromatic rings. The summed E-state index contributed by atoms with van der Waals surface area (Å²) in [5.41, 5.74) is 4.92. The number of amides is 1. The first-order valence-corrected chi connectivity index (χ1v) is 23.4. The van der Waals surface area contributed by atoms with E-state index in [0.29, 0.717) is 83.0 Å². The van der Waals surface area contributed by atoms with Crippen molar-refractivity contribution in [2.45, 2.75) is 113 Å². The number of carbonyl (C=O) groups is 1. The summed E-state index contributed by atoms with van der Waals surface area (Å²) >= 11 is 0. The monoisotopic (exact) mass is 906 g/mol. The first-order valence-electron chi connectivity index (χ1n) is 23.4. The van der Waals surface area contributed by atoms with Gasteiger partial charge < -0.3 is 14.0 Å². The average Bonchev–Trinajstić information content (AvgIpc) is 4.28. The van der Waals surface area contributed by atoms with Crippen LogP contribution in [0.2, 0.25) is 0 Å². The van der Waals surface area contributed by atoms with Gasteiger partial charge in [-0.2, -0.15) is 10.2 Å². The molecule has 17 heteroatoms. The topological polar surface area (TPSA) is 155 Å². The molecule has 2 aliphatic heterocycles. The standard InChI is InChI=1S/C50H48F2N10O5/c1-27-41-37(14-18-58(27)45(63)35-26-57-25-30(29-15-21-66-49(2,3)23-29)6-11-39(57)42(35)50(16-17-50)46-54-47(64)67-56-46)55-62(32-9-10-36(51)33(22-32)28-4-5-28)44(41)60-20-19-59(48(60)65)40-13-12-38-34(43(40)52)24-53-61(38)31-7-8-31/h6,9-13,19-20,22,24-29,31H,4-5,7-8,14-18,21,23H2,1-3H3,(H,54,56,64). The summed E-state index contributed by atoms with van der Waals surface area (Å²) in [6, 6.07) is 12.1. The van der Waals surface area contributed by atoms with Gasteiger partial charge >= 0.3 is 11.4 Å². The van der Waals surface area contributed by atoms with Crippen molar-refractivity contribution in [1.29, 1.82) is 0 Å². The first kappa shape index (κ1) is 40.4. The zero-order chi connectivity index (χ0) is 45.7. The van der Waals surface area contributed by atoms with E-state index >= 15 is 13.6 Å². The van der Waals surface area contributed by atoms with Crippen molar-refractivity contribution in [3.8, 4) is 17.2 Å². The molecule has 13 rings (SSSR count). The Kier molecular flexibility index (Phi) is 8.63. The Bertz CT molecular complexity index is 3480. The van der Waals surface area contributed by atoms with Gasteiger partial charge in [-0.15, -0.1) is 0 Å². The maximum atomic E-state index is 16.4. The minimum absolute atomic E-state index is 0.0774. The zero-order valence-electron chi connectivity index (χ0n) is 37.3. The van der Waals surface area contributed by atoms with Crippen LogP contribution in [0.1, 0.15) is 140 Å². The molecule has 5 aliphatic rings. The predicted octanol–water partition coefficient (Wildman–Crippen LogP) is 8.10. The SMILES string of the molecule is CC1c2c(nn(-c3ccc(F)c(C4CC4)c3)c2-n2ccn(-c3ccc4c(cnn4C4CC4)c3F)c2=O)CCN1C(=O)c1cn2cc(C3CCOC(C)(C)C3)ccc2c1C1(c2noc(=O)[nH]2)CC1. The van der Waals surface area contributed by atoms with E-state index in [1.807, 2.05) is 27.1 Å². The van der Waals surface area contributed by atoms with Gasteiger partial charge in [-0.1, -0.05) is 11.2 Å². The van der Waals surface area contributed by atoms with Gasteiger partial charge in [0.2, 0.25) is 0 Å². The second kappa shape index (κ2) is 14.3. The van der Waals surface area contributed by atoms with Gasteiger partial charge in [0.25, 0.3) is 5.91 Å². The van der Waals surface area contributed by atoms with Crippen LogP contribution in [-0.2, 0) is 16.6 Å². The van der Waals surface area contributed by atoms with E-state index in [0.717, 1.165) is 55.2 Å². The van der Waals surface area contributed by atoms with Crippen LogP contribution in [0.3, 0.4) is 0 Å². The Labute approximate surface area is 381 Å². The van der Waals surface area contributed by atoms with Crippen LogP contribution in [0.4, 0.5) is 8.78 Å². The molecule has 8 heterocycles. The van der Waals surface area contributed by atoms with E-state index < -0.39 is 28.7 Å². The van der Waals surface area contributed by atoms with Gasteiger partial charge in [0, 0.05) is 55.5 Å². The summed E-state index contributed by atoms with van der Waals surface area (Å²) in [5.74, 6) is -0.614. The molecule has 0 spiro atoms. The number of aromatic nitrogens is 9. The minimum Gasteiger partial charge on any atom is -0.376 e. The number of ether oxygens (including phenoxy) is 1. The molecule has 1 N–H and O–H groups in total. The maximum Gasteiger partial charge on any atom is 0.438 e. The van der Waals surface area contributed by atoms with E-state index in [1.165, 1.54) is 27.6 Å². The van der Waals surface area contributed by atoms with Crippen LogP contribution in [0, 0.1) is 11.6 Å². The quantitative estimate of drug-likeness (QED) is 0.152. The van der Waals surface area contributed by atoms with E-state index in [-0.39, 0.29) is 40.9 Å². The van der Waals surface area contributed by atoms with E-state index in [1.54, 1.807) is 35.1 Å². The number of halogens is 2. The average molecular weight is 907 g/mol. The van der Waals surface area contributed by atoms with Crippen molar-refractivity contribution in [3.05, 3.63) is 145 Å². The Hall–Kier alpha value is -6.88. The maximum absolute atomic E-state index is 16.4. The third-order valence-corrected chi connectivity index (χ3v) is 15.1. The number of H-pyrrole nitrogens is 1. The number of imidazole rings is 1. The van der Waals surface area contributed by atoms with E-state index in [9.17, 15) is 9.59 Å². The Balaban J connectivity index is 0.938. The van der Waals surface area contributed by atoms with Gasteiger partial charge in [-0.3, -0.25) is 28.1 Å². The Morgan fingerprint density at radius 3 is 2.48 bits per heavy atom. The van der Waals surface area contributed by atoms with Gasteiger partial charge in [-0.25, -0.2) is 23.1 Å². The van der Waals surface area contributed by atoms with Crippen LogP contribution in [-0.4, -0.2) is 72.8 Å². The fraction of sp³-hybridized carbons (Fsp3) is 0.400. The number of nitrogens with zero attached hydrogens (tertiary/aromatic N) is 9. The second-order valence-electron chi connectivity index (χ2n) is 20.0. The zero-order valence-corrected chi connectivity index (χ0v) is 37.3. The van der Waals surface area contributed by atoms with Crippen LogP contribution in [0.15, 0.2) is 87.6 Å². The largest absolute Gasteiger partial charge is 0.438 e. The molecule has 3 saturated carbocycles. The third kappa shape index (κ3) is 6.29. The predicted molar refractivity (Wildman–Crippen MR) is 242 cm³/mol. The second-order valence-corrected chi connectivity index (χ2v) is 20.0. The summed E-state index contributed by atoms with van der Waals surface area (Å²) in [6.07, 6.45) is 15.8. The highest BCUT2D eigenvalue weighted by Crippen LogP contribution is 2.55. The minimum atomic E-state index is -0.749. The molecular formula is C50H48F2N10O5. The lowest BCUT2D eigenvalue weighted by Gasteiger charge is -2.35. The fourth-order valence-corrected chi connectivity index (χ4v) is 11.2. The van der Waals surface area contributed by atoms with E-state index in [4.69, 9.17) is 14.4 Å². The van der Waals surface area contributed by atoms with Gasteiger partial charge in [-0.05, 0) is 131 Å². The van der Waals surface area contributed by atoms with Crippen molar-refractivity contribution in [3.63, 3.8) is 0 Å². The van der Waals surface area contributed by atoms with Crippen molar-refractivity contribution >= 4 is 22.3 Å². The smallest absolute Gasteiger partial charge is 0.376 e. The van der Waals surface area contributed by atoms with Crippen LogP contribution >= 0.6 is 0 Å². The molecule has 0 radical (unpaired) electrons. The number of aromatic amines is 1. The van der Waals surface area contributed by atoms with Crippen molar-refractivity contribution < 1.29 is 22.8 Å². The highest BCUT2D eigenvalue weighted by molar-refractivity contribution is 5.99. The summed E-state index contributed by atoms with van der Waals surface area (Å²) in [6.45, 7) is 7.13. The van der Waals surface area contributed by atoms with Crippen LogP contribution in [0.25, 0.3) is 33.6 Å². The molecule has 15 nitrogen and oxygen atoms in total. The molecule has 2 atom stereocenters. The van der Waals surface area contributed by atoms with Crippen LogP contribution in [0.5, 0.6) is 0 Å². The number of carbonyl (C=O) groups excluding carboxylic acids is 1. The molecule has 67 heavy (non-hydrogen) atoms. The molecular weight excluding hydrogens is 859 g/mol. The summed E-state index contributed by atoms with van der Waals surface area (Å²) in [5, 5.41) is 14.1. The summed E-state index contributed by atoms with van der Waals surface area (Å²) in [7, 11) is 0. The van der Waals surface area contributed by atoms with Gasteiger partial charge in [0.05, 0.1) is 68.3 Å². The van der Waals surface area contributed by atoms with Crippen molar-refractivity contribution in [2.24, 2.45) is 0 Å². The number of pyridine rings is 1. The highest BCUT2D eigenvalue weighted by atomic mass is 19.1. The fourth-order valence-electron chi connectivity index (χ4n) is 11.2. The highest BCUT2D eigenvalue weighted by Gasteiger charge is 2.53. The normalized spacial score (nSPS) is 21.1. The summed E-state index contributed by atoms with van der Waals surface area (Å²) in [4.78, 5) is 47.3. The third-order valence-electron chi connectivity index (χ3n) is 15.1. The van der Waals surface area contributed by atoms with Crippen LogP contribution < -0.4 is 11.4 Å². The lowest BCUT2D eigenvalue weighted by Crippen LogP contribution is -2.40. The molecule has 1 amide bonds. The van der Waals surface area contributed by atoms with Gasteiger partial charge in [0.1, 0.15) is 11.6 Å². The molecule has 2 aromatic carbocycles. The number of benzene rings is 2. The molecule has 3 aliphatic carbocycles. The van der Waals surface area contributed by atoms with E-state index in [2.05, 4.69) is 47.4 Å². The molecule has 1 saturated heterocycles. The Morgan fingerprint density at radius 2 is 1.73 bits per heavy atom.